The molecule has 1 aromatic rings. The predicted molar refractivity (Wildman–Crippen MR) is 77.5 cm³/mol. The Bertz CT molecular complexity index is 450. The molecule has 0 aromatic heterocycles. The molecular weight excluding hydrogens is 290 g/mol. The molecule has 2 nitrogen and oxygen atoms in total. The molecule has 0 bridgehead atoms. The quantitative estimate of drug-likeness (QED) is 0.772. The monoisotopic (exact) mass is 309 g/mol. The zero-order valence-electron chi connectivity index (χ0n) is 11.2. The molecule has 1 fully saturated rings. The molecule has 98 valence electrons. The summed E-state index contributed by atoms with van der Waals surface area (Å²) < 4.78 is 1.11. The molecule has 1 unspecified atom stereocenters. The lowest BCUT2D eigenvalue weighted by atomic mass is 9.94. The summed E-state index contributed by atoms with van der Waals surface area (Å²) in [5, 5.41) is 0. The molecule has 1 amide bonds. The van der Waals surface area contributed by atoms with E-state index in [9.17, 15) is 4.79 Å². The molecule has 1 heterocycles. The predicted octanol–water partition coefficient (Wildman–Crippen LogP) is 3.81. The van der Waals surface area contributed by atoms with E-state index in [2.05, 4.69) is 34.1 Å². The zero-order valence-corrected chi connectivity index (χ0v) is 12.8. The molecule has 0 radical (unpaired) electrons. The standard InChI is InChI=1S/C15H20BrNO/c1-15(2,3)14(18)17-8-7-12(10-17)11-5-4-6-13(16)9-11/h4-6,9,12H,7-8,10H2,1-3H3. The number of nitrogens with zero attached hydrogens (tertiary/aromatic N) is 1. The highest BCUT2D eigenvalue weighted by Gasteiger charge is 2.33. The Morgan fingerprint density at radius 3 is 2.72 bits per heavy atom. The Kier molecular flexibility index (Phi) is 3.81. The highest BCUT2D eigenvalue weighted by Crippen LogP contribution is 2.31. The van der Waals surface area contributed by atoms with Crippen LogP contribution in [0.15, 0.2) is 28.7 Å². The van der Waals surface area contributed by atoms with Gasteiger partial charge in [0.25, 0.3) is 0 Å². The fourth-order valence-corrected chi connectivity index (χ4v) is 2.87. The number of halogens is 1. The van der Waals surface area contributed by atoms with Crippen LogP contribution in [0.2, 0.25) is 0 Å². The molecule has 1 saturated heterocycles. The number of carbonyl (C=O) groups excluding carboxylic acids is 1. The Labute approximate surface area is 117 Å². The van der Waals surface area contributed by atoms with Crippen molar-refractivity contribution in [2.45, 2.75) is 33.1 Å². The first-order valence-electron chi connectivity index (χ1n) is 6.43. The van der Waals surface area contributed by atoms with Gasteiger partial charge in [-0.2, -0.15) is 0 Å². The van der Waals surface area contributed by atoms with E-state index in [0.29, 0.717) is 5.92 Å². The minimum absolute atomic E-state index is 0.264. The first-order valence-corrected chi connectivity index (χ1v) is 7.22. The number of benzene rings is 1. The Morgan fingerprint density at radius 1 is 1.39 bits per heavy atom. The van der Waals surface area contributed by atoms with Crippen LogP contribution < -0.4 is 0 Å². The van der Waals surface area contributed by atoms with Crippen molar-refractivity contribution in [3.63, 3.8) is 0 Å². The molecule has 0 N–H and O–H groups in total. The van der Waals surface area contributed by atoms with E-state index in [1.165, 1.54) is 5.56 Å². The topological polar surface area (TPSA) is 20.3 Å². The summed E-state index contributed by atoms with van der Waals surface area (Å²) >= 11 is 3.50. The fraction of sp³-hybridized carbons (Fsp3) is 0.533. The van der Waals surface area contributed by atoms with Crippen LogP contribution in [0.4, 0.5) is 0 Å². The van der Waals surface area contributed by atoms with E-state index in [0.717, 1.165) is 24.0 Å². The summed E-state index contributed by atoms with van der Waals surface area (Å²) in [4.78, 5) is 14.2. The van der Waals surface area contributed by atoms with Crippen LogP contribution >= 0.6 is 15.9 Å². The van der Waals surface area contributed by atoms with E-state index in [4.69, 9.17) is 0 Å². The Morgan fingerprint density at radius 2 is 2.11 bits per heavy atom. The van der Waals surface area contributed by atoms with Crippen molar-refractivity contribution in [3.05, 3.63) is 34.3 Å². The van der Waals surface area contributed by atoms with Crippen molar-refractivity contribution in [3.8, 4) is 0 Å². The van der Waals surface area contributed by atoms with E-state index < -0.39 is 0 Å². The van der Waals surface area contributed by atoms with Crippen molar-refractivity contribution in [1.29, 1.82) is 0 Å². The van der Waals surface area contributed by atoms with Crippen LogP contribution in [-0.4, -0.2) is 23.9 Å². The van der Waals surface area contributed by atoms with E-state index in [1.807, 2.05) is 31.7 Å². The van der Waals surface area contributed by atoms with Crippen molar-refractivity contribution in [2.75, 3.05) is 13.1 Å². The van der Waals surface area contributed by atoms with Crippen molar-refractivity contribution < 1.29 is 4.79 Å². The summed E-state index contributed by atoms with van der Waals surface area (Å²) in [7, 11) is 0. The van der Waals surface area contributed by atoms with Gasteiger partial charge in [0, 0.05) is 28.9 Å². The van der Waals surface area contributed by atoms with Crippen LogP contribution in [0.5, 0.6) is 0 Å². The first kappa shape index (κ1) is 13.6. The molecular formula is C15H20BrNO. The summed E-state index contributed by atoms with van der Waals surface area (Å²) in [5.41, 5.74) is 1.06. The minimum atomic E-state index is -0.272. The maximum absolute atomic E-state index is 12.2. The largest absolute Gasteiger partial charge is 0.342 e. The van der Waals surface area contributed by atoms with Crippen LogP contribution in [0.1, 0.15) is 38.7 Å². The Balaban J connectivity index is 2.07. The Hall–Kier alpha value is -0.830. The third-order valence-corrected chi connectivity index (χ3v) is 3.93. The van der Waals surface area contributed by atoms with Gasteiger partial charge < -0.3 is 4.90 Å². The normalized spacial score (nSPS) is 20.2. The second-order valence-corrected chi connectivity index (χ2v) is 6.96. The van der Waals surface area contributed by atoms with Crippen LogP contribution in [0.25, 0.3) is 0 Å². The van der Waals surface area contributed by atoms with E-state index >= 15 is 0 Å². The first-order chi connectivity index (χ1) is 8.38. The lowest BCUT2D eigenvalue weighted by molar-refractivity contribution is -0.138. The molecule has 1 aromatic carbocycles. The van der Waals surface area contributed by atoms with Gasteiger partial charge in [0.05, 0.1) is 0 Å². The summed E-state index contributed by atoms with van der Waals surface area (Å²) in [6.07, 6.45) is 1.07. The van der Waals surface area contributed by atoms with Gasteiger partial charge in [-0.15, -0.1) is 0 Å². The summed E-state index contributed by atoms with van der Waals surface area (Å²) in [6.45, 7) is 7.70. The van der Waals surface area contributed by atoms with Gasteiger partial charge in [-0.1, -0.05) is 48.8 Å². The highest BCUT2D eigenvalue weighted by atomic mass is 79.9. The molecule has 0 aliphatic carbocycles. The van der Waals surface area contributed by atoms with E-state index in [-0.39, 0.29) is 11.3 Å². The van der Waals surface area contributed by atoms with Crippen LogP contribution in [-0.2, 0) is 4.79 Å². The van der Waals surface area contributed by atoms with Gasteiger partial charge in [0.1, 0.15) is 0 Å². The molecule has 0 saturated carbocycles. The van der Waals surface area contributed by atoms with Crippen molar-refractivity contribution in [1.82, 2.24) is 4.90 Å². The third kappa shape index (κ3) is 2.94. The molecule has 2 rings (SSSR count). The van der Waals surface area contributed by atoms with Gasteiger partial charge in [-0.3, -0.25) is 4.79 Å². The van der Waals surface area contributed by atoms with Gasteiger partial charge >= 0.3 is 0 Å². The molecule has 3 heteroatoms. The average molecular weight is 310 g/mol. The second-order valence-electron chi connectivity index (χ2n) is 6.04. The van der Waals surface area contributed by atoms with Crippen molar-refractivity contribution >= 4 is 21.8 Å². The number of hydrogen-bond acceptors (Lipinski definition) is 1. The smallest absolute Gasteiger partial charge is 0.227 e. The number of hydrogen-bond donors (Lipinski definition) is 0. The average Bonchev–Trinajstić information content (AvgIpc) is 2.75. The molecule has 0 spiro atoms. The molecule has 1 aliphatic rings. The highest BCUT2D eigenvalue weighted by molar-refractivity contribution is 9.10. The van der Waals surface area contributed by atoms with Gasteiger partial charge in [0.15, 0.2) is 0 Å². The fourth-order valence-electron chi connectivity index (χ4n) is 2.45. The number of likely N-dealkylation sites (tertiary alicyclic amines) is 1. The molecule has 1 aliphatic heterocycles. The van der Waals surface area contributed by atoms with Gasteiger partial charge in [0.2, 0.25) is 5.91 Å². The van der Waals surface area contributed by atoms with E-state index in [1.54, 1.807) is 0 Å². The summed E-state index contributed by atoms with van der Waals surface area (Å²) in [5.74, 6) is 0.744. The van der Waals surface area contributed by atoms with Crippen molar-refractivity contribution in [2.24, 2.45) is 5.41 Å². The molecule has 1 atom stereocenters. The zero-order chi connectivity index (χ0) is 13.3. The molecule has 18 heavy (non-hydrogen) atoms. The SMILES string of the molecule is CC(C)(C)C(=O)N1CCC(c2cccc(Br)c2)C1. The lowest BCUT2D eigenvalue weighted by Crippen LogP contribution is -2.37. The minimum Gasteiger partial charge on any atom is -0.342 e. The number of rotatable bonds is 1. The van der Waals surface area contributed by atoms with Crippen LogP contribution in [0, 0.1) is 5.41 Å². The van der Waals surface area contributed by atoms with Gasteiger partial charge in [-0.25, -0.2) is 0 Å². The number of amides is 1. The number of carbonyl (C=O) groups is 1. The maximum atomic E-state index is 12.2. The second kappa shape index (κ2) is 5.04. The lowest BCUT2D eigenvalue weighted by Gasteiger charge is -2.25. The van der Waals surface area contributed by atoms with Crippen LogP contribution in [0.3, 0.4) is 0 Å². The third-order valence-electron chi connectivity index (χ3n) is 3.44. The summed E-state index contributed by atoms with van der Waals surface area (Å²) in [6, 6.07) is 8.42. The van der Waals surface area contributed by atoms with Gasteiger partial charge in [-0.05, 0) is 24.1 Å². The maximum Gasteiger partial charge on any atom is 0.227 e.